The number of hydrogen-bond acceptors (Lipinski definition) is 2. The van der Waals surface area contributed by atoms with Gasteiger partial charge in [0, 0.05) is 49.0 Å². The molecule has 2 aromatic heterocycles. The van der Waals surface area contributed by atoms with E-state index in [1.165, 1.54) is 17.3 Å². The lowest BCUT2D eigenvalue weighted by Crippen LogP contribution is -2.27. The Hall–Kier alpha value is -1.91. The average Bonchev–Trinajstić information content (AvgIpc) is 2.92. The van der Waals surface area contributed by atoms with Crippen molar-refractivity contribution in [2.45, 2.75) is 40.3 Å². The highest BCUT2D eigenvalue weighted by Gasteiger charge is 2.25. The highest BCUT2D eigenvalue weighted by Crippen LogP contribution is 2.36. The van der Waals surface area contributed by atoms with Crippen molar-refractivity contribution in [3.8, 4) is 0 Å². The summed E-state index contributed by atoms with van der Waals surface area (Å²) in [6, 6.07) is 7.26. The summed E-state index contributed by atoms with van der Waals surface area (Å²) in [4.78, 5) is 6.62. The fourth-order valence-electron chi connectivity index (χ4n) is 3.77. The third-order valence-corrected chi connectivity index (χ3v) is 5.39. The Morgan fingerprint density at radius 1 is 1.23 bits per heavy atom. The Morgan fingerprint density at radius 2 is 2.04 bits per heavy atom. The molecular weight excluding hydrogens is 349 g/mol. The minimum absolute atomic E-state index is 0. The molecule has 3 nitrogen and oxygen atoms in total. The van der Waals surface area contributed by atoms with E-state index >= 15 is 0 Å². The van der Waals surface area contributed by atoms with Gasteiger partial charge in [0.2, 0.25) is 0 Å². The van der Waals surface area contributed by atoms with Crippen LogP contribution in [0.1, 0.15) is 29.9 Å². The Kier molecular flexibility index (Phi) is 5.35. The lowest BCUT2D eigenvalue weighted by molar-refractivity contribution is 0.309. The van der Waals surface area contributed by atoms with Gasteiger partial charge in [-0.3, -0.25) is 4.98 Å². The summed E-state index contributed by atoms with van der Waals surface area (Å²) in [5.74, 6) is -0.196. The molecule has 0 radical (unpaired) electrons. The molecule has 0 bridgehead atoms. The lowest BCUT2D eigenvalue weighted by atomic mass is 10.0. The van der Waals surface area contributed by atoms with Crippen LogP contribution in [0.15, 0.2) is 30.5 Å². The Morgan fingerprint density at radius 3 is 2.77 bits per heavy atom. The van der Waals surface area contributed by atoms with E-state index < -0.39 is 0 Å². The number of aromatic nitrogens is 2. The molecule has 0 amide bonds. The molecule has 0 saturated heterocycles. The van der Waals surface area contributed by atoms with Gasteiger partial charge in [-0.15, -0.1) is 0 Å². The zero-order chi connectivity index (χ0) is 17.6. The number of likely N-dealkylation sites (N-methyl/N-ethyl adjacent to an activating group) is 1. The summed E-state index contributed by atoms with van der Waals surface area (Å²) in [5.41, 5.74) is 5.22. The monoisotopic (exact) mass is 373 g/mol. The first-order valence-electron chi connectivity index (χ1n) is 8.62. The van der Waals surface area contributed by atoms with Gasteiger partial charge < -0.3 is 9.47 Å². The van der Waals surface area contributed by atoms with Crippen molar-refractivity contribution in [1.82, 2.24) is 14.5 Å². The number of aryl methyl sites for hydroxylation is 3. The van der Waals surface area contributed by atoms with Gasteiger partial charge >= 0.3 is 0 Å². The molecule has 3 aromatic rings. The normalized spacial score (nSPS) is 14.3. The van der Waals surface area contributed by atoms with E-state index in [0.717, 1.165) is 49.1 Å². The molecule has 5 heteroatoms. The van der Waals surface area contributed by atoms with Crippen molar-refractivity contribution in [3.63, 3.8) is 0 Å². The van der Waals surface area contributed by atoms with E-state index in [9.17, 15) is 4.39 Å². The number of benzene rings is 1. The predicted octanol–water partition coefficient (Wildman–Crippen LogP) is 5.00. The van der Waals surface area contributed by atoms with Gasteiger partial charge in [0.1, 0.15) is 5.82 Å². The first-order valence-corrected chi connectivity index (χ1v) is 9.00. The van der Waals surface area contributed by atoms with Gasteiger partial charge in [0.05, 0.1) is 10.5 Å². The van der Waals surface area contributed by atoms with Crippen LogP contribution in [0, 0.1) is 12.7 Å². The van der Waals surface area contributed by atoms with Gasteiger partial charge in [0.15, 0.2) is 0 Å². The molecule has 1 aromatic carbocycles. The van der Waals surface area contributed by atoms with Crippen molar-refractivity contribution in [2.75, 3.05) is 13.6 Å². The lowest BCUT2D eigenvalue weighted by Gasteiger charge is -2.24. The fraction of sp³-hybridized carbons (Fsp3) is 0.381. The zero-order valence-electron chi connectivity index (χ0n) is 14.5. The Bertz CT molecular complexity index is 931. The third-order valence-electron chi connectivity index (χ3n) is 5.08. The third kappa shape index (κ3) is 3.24. The summed E-state index contributed by atoms with van der Waals surface area (Å²) >= 11 is 6.45. The first kappa shape index (κ1) is 18.9. The van der Waals surface area contributed by atoms with E-state index in [4.69, 9.17) is 11.6 Å². The molecule has 0 unspecified atom stereocenters. The van der Waals surface area contributed by atoms with Crippen LogP contribution in [0.4, 0.5) is 4.39 Å². The van der Waals surface area contributed by atoms with E-state index in [1.807, 2.05) is 19.2 Å². The highest BCUT2D eigenvalue weighted by atomic mass is 35.5. The minimum Gasteiger partial charge on any atom is -0.341 e. The molecule has 0 fully saturated rings. The molecule has 0 atom stereocenters. The topological polar surface area (TPSA) is 21.1 Å². The maximum absolute atomic E-state index is 14.7. The molecule has 0 N–H and O–H groups in total. The molecule has 3 heterocycles. The number of fused-ring (bicyclic) bond motifs is 3. The van der Waals surface area contributed by atoms with Crippen LogP contribution < -0.4 is 0 Å². The molecular formula is C21H25ClFN3. The van der Waals surface area contributed by atoms with Crippen LogP contribution in [-0.2, 0) is 25.9 Å². The largest absolute Gasteiger partial charge is 0.341 e. The summed E-state index contributed by atoms with van der Waals surface area (Å²) in [6.07, 6.45) is 3.65. The summed E-state index contributed by atoms with van der Waals surface area (Å²) in [6.45, 7) is 4.51. The van der Waals surface area contributed by atoms with Gasteiger partial charge in [-0.2, -0.15) is 0 Å². The second-order valence-corrected chi connectivity index (χ2v) is 7.28. The molecule has 4 rings (SSSR count). The molecule has 1 aliphatic rings. The maximum Gasteiger partial charge on any atom is 0.147 e. The van der Waals surface area contributed by atoms with E-state index in [2.05, 4.69) is 27.6 Å². The SMILES string of the molecule is C.Cc1ccc(CCn2c3c(c4c(Cl)ccc(F)c42)CN(C)CC3)cn1. The molecule has 138 valence electrons. The van der Waals surface area contributed by atoms with Gasteiger partial charge in [0.25, 0.3) is 0 Å². The van der Waals surface area contributed by atoms with Crippen LogP contribution in [0.2, 0.25) is 5.02 Å². The predicted molar refractivity (Wildman–Crippen MR) is 106 cm³/mol. The Labute approximate surface area is 159 Å². The summed E-state index contributed by atoms with van der Waals surface area (Å²) in [7, 11) is 2.09. The zero-order valence-corrected chi connectivity index (χ0v) is 15.3. The number of nitrogens with zero attached hydrogens (tertiary/aromatic N) is 3. The summed E-state index contributed by atoms with van der Waals surface area (Å²) in [5, 5.41) is 1.52. The molecule has 26 heavy (non-hydrogen) atoms. The number of pyridine rings is 1. The smallest absolute Gasteiger partial charge is 0.147 e. The van der Waals surface area contributed by atoms with Crippen LogP contribution in [0.5, 0.6) is 0 Å². The molecule has 0 aliphatic carbocycles. The van der Waals surface area contributed by atoms with Gasteiger partial charge in [-0.25, -0.2) is 4.39 Å². The second-order valence-electron chi connectivity index (χ2n) is 6.88. The van der Waals surface area contributed by atoms with Crippen molar-refractivity contribution in [1.29, 1.82) is 0 Å². The van der Waals surface area contributed by atoms with Crippen LogP contribution in [0.3, 0.4) is 0 Å². The number of hydrogen-bond donors (Lipinski definition) is 0. The average molecular weight is 374 g/mol. The second kappa shape index (κ2) is 7.37. The Balaban J connectivity index is 0.00000196. The van der Waals surface area contributed by atoms with E-state index in [0.29, 0.717) is 10.5 Å². The van der Waals surface area contributed by atoms with Crippen molar-refractivity contribution in [2.24, 2.45) is 0 Å². The number of rotatable bonds is 3. The van der Waals surface area contributed by atoms with Crippen molar-refractivity contribution < 1.29 is 4.39 Å². The first-order chi connectivity index (χ1) is 12.0. The van der Waals surface area contributed by atoms with Gasteiger partial charge in [-0.1, -0.05) is 25.1 Å². The van der Waals surface area contributed by atoms with Crippen molar-refractivity contribution >= 4 is 22.5 Å². The quantitative estimate of drug-likeness (QED) is 0.643. The maximum atomic E-state index is 14.7. The van der Waals surface area contributed by atoms with E-state index in [-0.39, 0.29) is 13.2 Å². The van der Waals surface area contributed by atoms with Crippen molar-refractivity contribution in [3.05, 3.63) is 63.8 Å². The highest BCUT2D eigenvalue weighted by molar-refractivity contribution is 6.35. The fourth-order valence-corrected chi connectivity index (χ4v) is 4.04. The molecule has 0 saturated carbocycles. The van der Waals surface area contributed by atoms with Gasteiger partial charge in [-0.05, 0) is 49.7 Å². The van der Waals surface area contributed by atoms with E-state index in [1.54, 1.807) is 6.07 Å². The number of halogens is 2. The van der Waals surface area contributed by atoms with Crippen LogP contribution in [-0.4, -0.2) is 28.0 Å². The molecule has 1 aliphatic heterocycles. The minimum atomic E-state index is -0.196. The summed E-state index contributed by atoms with van der Waals surface area (Å²) < 4.78 is 16.8. The van der Waals surface area contributed by atoms with Crippen LogP contribution >= 0.6 is 11.6 Å². The molecule has 0 spiro atoms. The van der Waals surface area contributed by atoms with Crippen LogP contribution in [0.25, 0.3) is 10.9 Å². The standard InChI is InChI=1S/C20H21ClFN3.CH4/c1-13-3-4-14(11-23-13)7-10-25-18-8-9-24(2)12-15(18)19-16(21)5-6-17(22)20(19)25;/h3-6,11H,7-10,12H2,1-2H3;1H4.